The van der Waals surface area contributed by atoms with Gasteiger partial charge < -0.3 is 13.9 Å². The summed E-state index contributed by atoms with van der Waals surface area (Å²) in [6.45, 7) is 10.0. The molecule has 4 rings (SSSR count). The quantitative estimate of drug-likeness (QED) is 0.701. The highest BCUT2D eigenvalue weighted by Gasteiger charge is 2.52. The van der Waals surface area contributed by atoms with Gasteiger partial charge >= 0.3 is 7.12 Å². The van der Waals surface area contributed by atoms with Crippen LogP contribution in [0.4, 0.5) is 0 Å². The number of nitriles is 1. The summed E-state index contributed by atoms with van der Waals surface area (Å²) in [6, 6.07) is 6.30. The molecule has 2 heterocycles. The molecule has 1 aromatic carbocycles. The predicted octanol–water partition coefficient (Wildman–Crippen LogP) is 3.26. The fourth-order valence-corrected chi connectivity index (χ4v) is 5.70. The van der Waals surface area contributed by atoms with Crippen LogP contribution in [-0.4, -0.2) is 42.8 Å². The van der Waals surface area contributed by atoms with E-state index in [1.807, 2.05) is 52.9 Å². The summed E-state index contributed by atoms with van der Waals surface area (Å²) in [5.41, 5.74) is 2.48. The van der Waals surface area contributed by atoms with Gasteiger partial charge in [0.1, 0.15) is 9.84 Å². The van der Waals surface area contributed by atoms with Crippen LogP contribution in [0.3, 0.4) is 0 Å². The fourth-order valence-electron chi connectivity index (χ4n) is 4.57. The Labute approximate surface area is 179 Å². The second-order valence-electron chi connectivity index (χ2n) is 9.79. The van der Waals surface area contributed by atoms with E-state index in [1.165, 1.54) is 6.26 Å². The van der Waals surface area contributed by atoms with Crippen molar-refractivity contribution >= 4 is 33.3 Å². The Bertz CT molecular complexity index is 1140. The Morgan fingerprint density at radius 3 is 2.33 bits per heavy atom. The molecule has 1 aromatic heterocycles. The van der Waals surface area contributed by atoms with Gasteiger partial charge in [-0.3, -0.25) is 0 Å². The Kier molecular flexibility index (Phi) is 4.89. The maximum Gasteiger partial charge on any atom is 0.497 e. The first kappa shape index (κ1) is 21.4. The molecule has 0 unspecified atom stereocenters. The molecule has 0 amide bonds. The summed E-state index contributed by atoms with van der Waals surface area (Å²) in [6.07, 6.45) is 5.45. The van der Waals surface area contributed by atoms with Crippen molar-refractivity contribution in [2.24, 2.45) is 0 Å². The molecule has 8 heteroatoms. The number of hydrogen-bond donors (Lipinski definition) is 0. The van der Waals surface area contributed by atoms with Gasteiger partial charge in [-0.1, -0.05) is 0 Å². The second-order valence-corrected chi connectivity index (χ2v) is 12.1. The lowest BCUT2D eigenvalue weighted by molar-refractivity contribution is 0.00578. The van der Waals surface area contributed by atoms with Gasteiger partial charge in [0, 0.05) is 34.9 Å². The first-order valence-corrected chi connectivity index (χ1v) is 12.4. The molecule has 2 atom stereocenters. The van der Waals surface area contributed by atoms with Crippen LogP contribution < -0.4 is 5.46 Å². The van der Waals surface area contributed by atoms with Crippen molar-refractivity contribution in [2.45, 2.75) is 76.4 Å². The average molecular weight is 428 g/mol. The Morgan fingerprint density at radius 1 is 1.17 bits per heavy atom. The maximum atomic E-state index is 12.1. The third-order valence-electron chi connectivity index (χ3n) is 7.19. The number of nitrogens with zero attached hydrogens (tertiary/aromatic N) is 2. The highest BCUT2D eigenvalue weighted by molar-refractivity contribution is 7.91. The molecule has 1 saturated carbocycles. The Balaban J connectivity index is 1.83. The minimum atomic E-state index is -3.06. The molecule has 1 aliphatic heterocycles. The molecule has 0 N–H and O–H groups in total. The molecule has 160 valence electrons. The van der Waals surface area contributed by atoms with Gasteiger partial charge in [0.05, 0.1) is 28.1 Å². The van der Waals surface area contributed by atoms with E-state index in [9.17, 15) is 13.7 Å². The van der Waals surface area contributed by atoms with Crippen molar-refractivity contribution in [2.75, 3.05) is 6.26 Å². The molecule has 0 bridgehead atoms. The minimum absolute atomic E-state index is 0.0933. The SMILES string of the molecule is Cc1cc2c(cc1C#N)c(B1OC(C)(C)C(C)(C)O1)cn2[C@@H]1CC[C@H](S(C)(=O)=O)C1. The smallest absolute Gasteiger partial charge is 0.399 e. The number of hydrogen-bond acceptors (Lipinski definition) is 5. The largest absolute Gasteiger partial charge is 0.497 e. The molecule has 1 aliphatic carbocycles. The molecule has 2 aromatic rings. The molecular weight excluding hydrogens is 399 g/mol. The zero-order chi connectivity index (χ0) is 22.1. The van der Waals surface area contributed by atoms with Crippen LogP contribution in [0.2, 0.25) is 0 Å². The van der Waals surface area contributed by atoms with Crippen LogP contribution in [0, 0.1) is 18.3 Å². The van der Waals surface area contributed by atoms with Crippen LogP contribution >= 0.6 is 0 Å². The predicted molar refractivity (Wildman–Crippen MR) is 119 cm³/mol. The number of aromatic nitrogens is 1. The van der Waals surface area contributed by atoms with Crippen molar-refractivity contribution in [1.82, 2.24) is 4.57 Å². The van der Waals surface area contributed by atoms with Gasteiger partial charge in [-0.05, 0) is 71.6 Å². The van der Waals surface area contributed by atoms with E-state index in [4.69, 9.17) is 9.31 Å². The highest BCUT2D eigenvalue weighted by atomic mass is 32.2. The van der Waals surface area contributed by atoms with Crippen LogP contribution in [0.15, 0.2) is 18.3 Å². The normalized spacial score (nSPS) is 25.7. The first-order chi connectivity index (χ1) is 13.8. The molecule has 6 nitrogen and oxygen atoms in total. The number of aryl methyl sites for hydroxylation is 1. The lowest BCUT2D eigenvalue weighted by atomic mass is 9.78. The van der Waals surface area contributed by atoms with Gasteiger partial charge in [0.25, 0.3) is 0 Å². The molecule has 0 spiro atoms. The summed E-state index contributed by atoms with van der Waals surface area (Å²) < 4.78 is 38.9. The summed E-state index contributed by atoms with van der Waals surface area (Å²) in [5, 5.41) is 10.2. The zero-order valence-electron chi connectivity index (χ0n) is 18.5. The summed E-state index contributed by atoms with van der Waals surface area (Å²) in [5.74, 6) is 0. The third kappa shape index (κ3) is 3.37. The Hall–Kier alpha value is -1.82. The highest BCUT2D eigenvalue weighted by Crippen LogP contribution is 2.39. The number of fused-ring (bicyclic) bond motifs is 1. The van der Waals surface area contributed by atoms with Gasteiger partial charge in [-0.15, -0.1) is 0 Å². The van der Waals surface area contributed by atoms with E-state index < -0.39 is 28.2 Å². The molecule has 0 radical (unpaired) electrons. The van der Waals surface area contributed by atoms with Gasteiger partial charge in [0.15, 0.2) is 0 Å². The number of rotatable bonds is 3. The minimum Gasteiger partial charge on any atom is -0.399 e. The Morgan fingerprint density at radius 2 is 1.80 bits per heavy atom. The summed E-state index contributed by atoms with van der Waals surface area (Å²) >= 11 is 0. The van der Waals surface area contributed by atoms with Crippen molar-refractivity contribution < 1.29 is 17.7 Å². The monoisotopic (exact) mass is 428 g/mol. The second kappa shape index (κ2) is 6.84. The van der Waals surface area contributed by atoms with Gasteiger partial charge in [-0.2, -0.15) is 5.26 Å². The van der Waals surface area contributed by atoms with Crippen molar-refractivity contribution in [3.8, 4) is 6.07 Å². The summed E-state index contributed by atoms with van der Waals surface area (Å²) in [4.78, 5) is 0. The molecular formula is C22H29BN2O4S. The van der Waals surface area contributed by atoms with Crippen LogP contribution in [-0.2, 0) is 19.1 Å². The number of sulfone groups is 1. The van der Waals surface area contributed by atoms with Crippen molar-refractivity contribution in [3.63, 3.8) is 0 Å². The lowest BCUT2D eigenvalue weighted by Crippen LogP contribution is -2.41. The van der Waals surface area contributed by atoms with E-state index in [0.29, 0.717) is 18.4 Å². The number of benzene rings is 1. The van der Waals surface area contributed by atoms with Crippen LogP contribution in [0.5, 0.6) is 0 Å². The van der Waals surface area contributed by atoms with E-state index in [-0.39, 0.29) is 11.3 Å². The fraction of sp³-hybridized carbons (Fsp3) is 0.591. The summed E-state index contributed by atoms with van der Waals surface area (Å²) in [7, 11) is -3.60. The molecule has 1 saturated heterocycles. The van der Waals surface area contributed by atoms with Crippen molar-refractivity contribution in [3.05, 3.63) is 29.5 Å². The van der Waals surface area contributed by atoms with Crippen LogP contribution in [0.1, 0.15) is 64.1 Å². The third-order valence-corrected chi connectivity index (χ3v) is 8.83. The topological polar surface area (TPSA) is 81.3 Å². The average Bonchev–Trinajstić information content (AvgIpc) is 3.28. The van der Waals surface area contributed by atoms with Gasteiger partial charge in [0.2, 0.25) is 0 Å². The van der Waals surface area contributed by atoms with E-state index >= 15 is 0 Å². The van der Waals surface area contributed by atoms with E-state index in [1.54, 1.807) is 0 Å². The molecule has 2 fully saturated rings. The zero-order valence-corrected chi connectivity index (χ0v) is 19.3. The lowest BCUT2D eigenvalue weighted by Gasteiger charge is -2.32. The van der Waals surface area contributed by atoms with E-state index in [0.717, 1.165) is 28.4 Å². The van der Waals surface area contributed by atoms with Crippen molar-refractivity contribution in [1.29, 1.82) is 5.26 Å². The molecule has 2 aliphatic rings. The van der Waals surface area contributed by atoms with Gasteiger partial charge in [-0.25, -0.2) is 8.42 Å². The first-order valence-electron chi connectivity index (χ1n) is 10.4. The standard InChI is InChI=1S/C22H29BN2O4S/c1-14-9-20-18(10-15(14)12-24)19(23-28-21(2,3)22(4,5)29-23)13-25(20)16-7-8-17(11-16)30(6,26)27/h9-10,13,16-17H,7-8,11H2,1-6H3/t16-,17+/m1/s1. The van der Waals surface area contributed by atoms with E-state index in [2.05, 4.69) is 10.6 Å². The maximum absolute atomic E-state index is 12.1. The molecule has 30 heavy (non-hydrogen) atoms. The van der Waals surface area contributed by atoms with Crippen LogP contribution in [0.25, 0.3) is 10.9 Å².